The van der Waals surface area contributed by atoms with Crippen LogP contribution in [0.3, 0.4) is 0 Å². The van der Waals surface area contributed by atoms with E-state index in [1.54, 1.807) is 13.8 Å². The number of ether oxygens (including phenoxy) is 1. The molecule has 0 saturated heterocycles. The lowest BCUT2D eigenvalue weighted by Crippen LogP contribution is -2.15. The number of esters is 1. The SMILES string of the molecule is CCOC(=O)c1c(NC(=O)c2cccc([N+](=O)[O-])c2)sc(C)c1-c1ccc([N+](=O)[O-])cc1. The first-order valence-corrected chi connectivity index (χ1v) is 10.2. The van der Waals surface area contributed by atoms with Crippen LogP contribution in [0.15, 0.2) is 48.5 Å². The van der Waals surface area contributed by atoms with E-state index in [0.717, 1.165) is 17.4 Å². The molecule has 3 rings (SSSR count). The largest absolute Gasteiger partial charge is 0.462 e. The maximum atomic E-state index is 12.7. The van der Waals surface area contributed by atoms with Crippen LogP contribution in [0.25, 0.3) is 11.1 Å². The van der Waals surface area contributed by atoms with Crippen molar-refractivity contribution in [3.63, 3.8) is 0 Å². The van der Waals surface area contributed by atoms with Gasteiger partial charge in [-0.05, 0) is 37.6 Å². The second kappa shape index (κ2) is 9.35. The van der Waals surface area contributed by atoms with Crippen molar-refractivity contribution in [3.05, 3.63) is 84.8 Å². The predicted octanol–water partition coefficient (Wildman–Crippen LogP) is 4.97. The Balaban J connectivity index is 2.04. The van der Waals surface area contributed by atoms with Gasteiger partial charge in [-0.1, -0.05) is 6.07 Å². The average Bonchev–Trinajstić information content (AvgIpc) is 3.09. The summed E-state index contributed by atoms with van der Waals surface area (Å²) in [6, 6.07) is 10.9. The van der Waals surface area contributed by atoms with Crippen LogP contribution in [0.2, 0.25) is 0 Å². The molecule has 0 bridgehead atoms. The molecule has 0 fully saturated rings. The first kappa shape index (κ1) is 22.6. The second-order valence-electron chi connectivity index (χ2n) is 6.52. The van der Waals surface area contributed by atoms with Gasteiger partial charge < -0.3 is 10.1 Å². The van der Waals surface area contributed by atoms with Crippen molar-refractivity contribution in [2.45, 2.75) is 13.8 Å². The Labute approximate surface area is 185 Å². The molecule has 1 heterocycles. The van der Waals surface area contributed by atoms with E-state index in [2.05, 4.69) is 5.32 Å². The van der Waals surface area contributed by atoms with E-state index in [-0.39, 0.29) is 34.1 Å². The van der Waals surface area contributed by atoms with Gasteiger partial charge in [0.15, 0.2) is 0 Å². The van der Waals surface area contributed by atoms with E-state index < -0.39 is 21.7 Å². The Morgan fingerprint density at radius 1 is 1.03 bits per heavy atom. The molecule has 3 aromatic rings. The zero-order chi connectivity index (χ0) is 23.4. The predicted molar refractivity (Wildman–Crippen MR) is 118 cm³/mol. The van der Waals surface area contributed by atoms with E-state index in [1.807, 2.05) is 0 Å². The van der Waals surface area contributed by atoms with Gasteiger partial charge in [-0.2, -0.15) is 0 Å². The first-order chi connectivity index (χ1) is 15.2. The number of carbonyl (C=O) groups is 2. The molecular formula is C21H17N3O7S. The molecule has 0 spiro atoms. The molecule has 0 saturated carbocycles. The molecule has 1 aromatic heterocycles. The van der Waals surface area contributed by atoms with Gasteiger partial charge in [-0.3, -0.25) is 25.0 Å². The lowest BCUT2D eigenvalue weighted by molar-refractivity contribution is -0.385. The number of aryl methyl sites for hydroxylation is 1. The van der Waals surface area contributed by atoms with Gasteiger partial charge in [0.2, 0.25) is 0 Å². The number of nitro groups is 2. The van der Waals surface area contributed by atoms with Crippen LogP contribution in [0.4, 0.5) is 16.4 Å². The number of anilines is 1. The van der Waals surface area contributed by atoms with Crippen molar-refractivity contribution in [3.8, 4) is 11.1 Å². The summed E-state index contributed by atoms with van der Waals surface area (Å²) in [6.45, 7) is 3.49. The molecule has 0 aliphatic carbocycles. The summed E-state index contributed by atoms with van der Waals surface area (Å²) in [5.41, 5.74) is 0.857. The molecule has 0 radical (unpaired) electrons. The number of hydrogen-bond donors (Lipinski definition) is 1. The molecule has 0 unspecified atom stereocenters. The van der Waals surface area contributed by atoms with Gasteiger partial charge in [0.1, 0.15) is 10.6 Å². The molecule has 0 atom stereocenters. The van der Waals surface area contributed by atoms with Crippen LogP contribution in [-0.2, 0) is 4.74 Å². The molecule has 32 heavy (non-hydrogen) atoms. The highest BCUT2D eigenvalue weighted by atomic mass is 32.1. The normalized spacial score (nSPS) is 10.4. The fourth-order valence-corrected chi connectivity index (χ4v) is 4.12. The van der Waals surface area contributed by atoms with Crippen LogP contribution < -0.4 is 5.32 Å². The molecule has 164 valence electrons. The van der Waals surface area contributed by atoms with Crippen LogP contribution in [0.1, 0.15) is 32.5 Å². The summed E-state index contributed by atoms with van der Waals surface area (Å²) in [7, 11) is 0. The van der Waals surface area contributed by atoms with Gasteiger partial charge in [0.25, 0.3) is 17.3 Å². The Morgan fingerprint density at radius 3 is 2.28 bits per heavy atom. The Bertz CT molecular complexity index is 1220. The Hall–Kier alpha value is -4.12. The van der Waals surface area contributed by atoms with E-state index in [0.29, 0.717) is 16.0 Å². The number of amides is 1. The van der Waals surface area contributed by atoms with Crippen molar-refractivity contribution in [1.82, 2.24) is 0 Å². The minimum absolute atomic E-state index is 0.0527. The molecule has 0 aliphatic rings. The molecule has 2 aromatic carbocycles. The summed E-state index contributed by atoms with van der Waals surface area (Å²) in [4.78, 5) is 47.0. The summed E-state index contributed by atoms with van der Waals surface area (Å²) in [5.74, 6) is -1.30. The number of nitro benzene ring substituents is 2. The lowest BCUT2D eigenvalue weighted by atomic mass is 10.0. The summed E-state index contributed by atoms with van der Waals surface area (Å²) in [6.07, 6.45) is 0. The van der Waals surface area contributed by atoms with Gasteiger partial charge in [-0.15, -0.1) is 11.3 Å². The zero-order valence-corrected chi connectivity index (χ0v) is 17.8. The minimum atomic E-state index is -0.667. The van der Waals surface area contributed by atoms with Gasteiger partial charge in [0.05, 0.1) is 16.5 Å². The van der Waals surface area contributed by atoms with E-state index in [1.165, 1.54) is 42.5 Å². The van der Waals surface area contributed by atoms with Crippen LogP contribution in [0.5, 0.6) is 0 Å². The van der Waals surface area contributed by atoms with Crippen molar-refractivity contribution in [2.75, 3.05) is 11.9 Å². The molecule has 11 heteroatoms. The van der Waals surface area contributed by atoms with Crippen LogP contribution in [0, 0.1) is 27.2 Å². The van der Waals surface area contributed by atoms with Crippen LogP contribution >= 0.6 is 11.3 Å². The Kier molecular flexibility index (Phi) is 6.59. The highest BCUT2D eigenvalue weighted by Gasteiger charge is 2.26. The number of hydrogen-bond acceptors (Lipinski definition) is 8. The van der Waals surface area contributed by atoms with E-state index in [9.17, 15) is 29.8 Å². The highest BCUT2D eigenvalue weighted by molar-refractivity contribution is 7.17. The average molecular weight is 455 g/mol. The molecule has 1 amide bonds. The summed E-state index contributed by atoms with van der Waals surface area (Å²) >= 11 is 1.13. The van der Waals surface area contributed by atoms with E-state index in [4.69, 9.17) is 4.74 Å². The fourth-order valence-electron chi connectivity index (χ4n) is 3.06. The number of nitrogens with one attached hydrogen (secondary N) is 1. The smallest absolute Gasteiger partial charge is 0.341 e. The number of benzene rings is 2. The van der Waals surface area contributed by atoms with Crippen molar-refractivity contribution < 1.29 is 24.2 Å². The summed E-state index contributed by atoms with van der Waals surface area (Å²) in [5, 5.41) is 24.8. The highest BCUT2D eigenvalue weighted by Crippen LogP contribution is 2.41. The van der Waals surface area contributed by atoms with E-state index >= 15 is 0 Å². The van der Waals surface area contributed by atoms with Gasteiger partial charge in [0, 0.05) is 40.3 Å². The molecule has 10 nitrogen and oxygen atoms in total. The molecule has 1 N–H and O–H groups in total. The number of carbonyl (C=O) groups excluding carboxylic acids is 2. The van der Waals surface area contributed by atoms with Gasteiger partial charge in [-0.25, -0.2) is 4.79 Å². The third-order valence-electron chi connectivity index (χ3n) is 4.48. The number of non-ortho nitro benzene ring substituents is 2. The third-order valence-corrected chi connectivity index (χ3v) is 5.50. The molecule has 0 aliphatic heterocycles. The zero-order valence-electron chi connectivity index (χ0n) is 17.0. The third kappa shape index (κ3) is 4.62. The number of nitrogens with zero attached hydrogens (tertiary/aromatic N) is 2. The Morgan fingerprint density at radius 2 is 1.69 bits per heavy atom. The maximum absolute atomic E-state index is 12.7. The monoisotopic (exact) mass is 455 g/mol. The number of thiophene rings is 1. The minimum Gasteiger partial charge on any atom is -0.462 e. The standard InChI is InChI=1S/C21H17N3O7S/c1-3-31-21(26)18-17(13-7-9-15(10-8-13)23(27)28)12(2)32-20(18)22-19(25)14-5-4-6-16(11-14)24(29)30/h4-11H,3H2,1-2H3,(H,22,25). The van der Waals surface area contributed by atoms with Crippen LogP contribution in [-0.4, -0.2) is 28.3 Å². The van der Waals surface area contributed by atoms with Crippen molar-refractivity contribution >= 4 is 39.6 Å². The van der Waals surface area contributed by atoms with Crippen molar-refractivity contribution in [1.29, 1.82) is 0 Å². The quantitative estimate of drug-likeness (QED) is 0.301. The molecular weight excluding hydrogens is 438 g/mol. The lowest BCUT2D eigenvalue weighted by Gasteiger charge is -2.09. The fraction of sp³-hybridized carbons (Fsp3) is 0.143. The van der Waals surface area contributed by atoms with Gasteiger partial charge >= 0.3 is 5.97 Å². The maximum Gasteiger partial charge on any atom is 0.341 e. The number of rotatable bonds is 7. The first-order valence-electron chi connectivity index (χ1n) is 9.34. The second-order valence-corrected chi connectivity index (χ2v) is 7.75. The summed E-state index contributed by atoms with van der Waals surface area (Å²) < 4.78 is 5.16. The topological polar surface area (TPSA) is 142 Å². The van der Waals surface area contributed by atoms with Crippen molar-refractivity contribution in [2.24, 2.45) is 0 Å².